The summed E-state index contributed by atoms with van der Waals surface area (Å²) in [4.78, 5) is 15.1. The molecule has 0 bridgehead atoms. The van der Waals surface area contributed by atoms with Crippen LogP contribution in [-0.4, -0.2) is 22.6 Å². The third-order valence-corrected chi connectivity index (χ3v) is 2.50. The molecule has 0 saturated heterocycles. The van der Waals surface area contributed by atoms with Gasteiger partial charge in [0.1, 0.15) is 5.82 Å². The van der Waals surface area contributed by atoms with Gasteiger partial charge in [-0.3, -0.25) is 0 Å². The maximum Gasteiger partial charge on any atom is 0.354 e. The Labute approximate surface area is 99.3 Å². The number of hydrogen-bond acceptors (Lipinski definition) is 3. The fourth-order valence-corrected chi connectivity index (χ4v) is 1.69. The third kappa shape index (κ3) is 2.36. The summed E-state index contributed by atoms with van der Waals surface area (Å²) in [6, 6.07) is 9.22. The molecule has 0 radical (unpaired) electrons. The minimum absolute atomic E-state index is 0.0716. The second-order valence-corrected chi connectivity index (χ2v) is 3.81. The summed E-state index contributed by atoms with van der Waals surface area (Å²) in [7, 11) is 0. The number of carbonyl (C=O) groups is 1. The molecular formula is C13H14N2O2. The van der Waals surface area contributed by atoms with Crippen molar-refractivity contribution in [2.24, 2.45) is 0 Å². The molecule has 4 heteroatoms. The van der Waals surface area contributed by atoms with Gasteiger partial charge in [-0.2, -0.15) is 0 Å². The van der Waals surface area contributed by atoms with Gasteiger partial charge in [0.15, 0.2) is 5.69 Å². The Morgan fingerprint density at radius 1 is 1.41 bits per heavy atom. The highest BCUT2D eigenvalue weighted by Crippen LogP contribution is 2.22. The van der Waals surface area contributed by atoms with Crippen molar-refractivity contribution in [3.63, 3.8) is 0 Å². The second kappa shape index (κ2) is 4.82. The molecule has 0 aliphatic heterocycles. The van der Waals surface area contributed by atoms with Gasteiger partial charge < -0.3 is 10.4 Å². The fourth-order valence-electron chi connectivity index (χ4n) is 1.69. The van der Waals surface area contributed by atoms with E-state index >= 15 is 0 Å². The number of rotatable bonds is 4. The molecule has 88 valence electrons. The number of aromatic carboxylic acids is 1. The van der Waals surface area contributed by atoms with E-state index in [0.717, 1.165) is 23.7 Å². The number of hydrogen-bond donors (Lipinski definition) is 2. The van der Waals surface area contributed by atoms with Crippen molar-refractivity contribution >= 4 is 22.6 Å². The van der Waals surface area contributed by atoms with Crippen LogP contribution in [0.1, 0.15) is 23.8 Å². The fraction of sp³-hybridized carbons (Fsp3) is 0.231. The van der Waals surface area contributed by atoms with Crippen LogP contribution in [0.5, 0.6) is 0 Å². The van der Waals surface area contributed by atoms with Crippen LogP contribution in [0.4, 0.5) is 5.82 Å². The van der Waals surface area contributed by atoms with Crippen molar-refractivity contribution in [3.05, 3.63) is 36.0 Å². The lowest BCUT2D eigenvalue weighted by Crippen LogP contribution is -2.07. The number of fused-ring (bicyclic) bond motifs is 1. The molecule has 0 spiro atoms. The van der Waals surface area contributed by atoms with E-state index in [-0.39, 0.29) is 5.69 Å². The Morgan fingerprint density at radius 2 is 2.18 bits per heavy atom. The first-order chi connectivity index (χ1) is 8.22. The molecule has 0 aliphatic carbocycles. The zero-order chi connectivity index (χ0) is 12.3. The summed E-state index contributed by atoms with van der Waals surface area (Å²) in [5.74, 6) is -0.363. The van der Waals surface area contributed by atoms with Crippen LogP contribution in [-0.2, 0) is 0 Å². The first kappa shape index (κ1) is 11.4. The lowest BCUT2D eigenvalue weighted by Gasteiger charge is -2.09. The van der Waals surface area contributed by atoms with Crippen LogP contribution in [0.2, 0.25) is 0 Å². The van der Waals surface area contributed by atoms with Gasteiger partial charge in [0, 0.05) is 11.9 Å². The quantitative estimate of drug-likeness (QED) is 0.847. The first-order valence-electron chi connectivity index (χ1n) is 5.59. The molecule has 0 unspecified atom stereocenters. The van der Waals surface area contributed by atoms with Crippen molar-refractivity contribution in [3.8, 4) is 0 Å². The van der Waals surface area contributed by atoms with Gasteiger partial charge in [-0.15, -0.1) is 0 Å². The largest absolute Gasteiger partial charge is 0.477 e. The van der Waals surface area contributed by atoms with Gasteiger partial charge in [0.2, 0.25) is 0 Å². The van der Waals surface area contributed by atoms with Gasteiger partial charge in [0.25, 0.3) is 0 Å². The summed E-state index contributed by atoms with van der Waals surface area (Å²) in [6.07, 6.45) is 0.966. The highest BCUT2D eigenvalue weighted by atomic mass is 16.4. The van der Waals surface area contributed by atoms with Crippen LogP contribution >= 0.6 is 0 Å². The van der Waals surface area contributed by atoms with Crippen molar-refractivity contribution in [2.75, 3.05) is 11.9 Å². The zero-order valence-corrected chi connectivity index (χ0v) is 9.60. The van der Waals surface area contributed by atoms with Gasteiger partial charge in [-0.1, -0.05) is 31.2 Å². The topological polar surface area (TPSA) is 62.2 Å². The molecular weight excluding hydrogens is 216 g/mol. The predicted octanol–water partition coefficient (Wildman–Crippen LogP) is 2.75. The van der Waals surface area contributed by atoms with E-state index in [4.69, 9.17) is 5.11 Å². The maximum atomic E-state index is 11.0. The van der Waals surface area contributed by atoms with E-state index in [9.17, 15) is 4.79 Å². The van der Waals surface area contributed by atoms with E-state index < -0.39 is 5.97 Å². The monoisotopic (exact) mass is 230 g/mol. The van der Waals surface area contributed by atoms with E-state index in [1.54, 1.807) is 6.07 Å². The normalized spacial score (nSPS) is 10.4. The number of carboxylic acid groups (broad SMARTS) is 1. The average Bonchev–Trinajstić information content (AvgIpc) is 2.35. The third-order valence-electron chi connectivity index (χ3n) is 2.50. The molecule has 2 rings (SSSR count). The Bertz CT molecular complexity index is 552. The molecule has 1 heterocycles. The molecule has 0 atom stereocenters. The number of nitrogens with one attached hydrogen (secondary N) is 1. The van der Waals surface area contributed by atoms with E-state index in [1.807, 2.05) is 24.3 Å². The van der Waals surface area contributed by atoms with Crippen LogP contribution in [0.15, 0.2) is 30.3 Å². The number of anilines is 1. The molecule has 0 aliphatic rings. The molecule has 1 aromatic heterocycles. The van der Waals surface area contributed by atoms with E-state index in [1.165, 1.54) is 0 Å². The number of nitrogens with zero attached hydrogens (tertiary/aromatic N) is 1. The first-order valence-corrected chi connectivity index (χ1v) is 5.59. The highest BCUT2D eigenvalue weighted by molar-refractivity contribution is 5.97. The smallest absolute Gasteiger partial charge is 0.354 e. The molecule has 4 nitrogen and oxygen atoms in total. The average molecular weight is 230 g/mol. The molecule has 17 heavy (non-hydrogen) atoms. The minimum atomic E-state index is -1.00. The Balaban J connectivity index is 2.56. The lowest BCUT2D eigenvalue weighted by molar-refractivity contribution is 0.0691. The summed E-state index contributed by atoms with van der Waals surface area (Å²) >= 11 is 0. The van der Waals surface area contributed by atoms with Gasteiger partial charge in [-0.05, 0) is 17.9 Å². The van der Waals surface area contributed by atoms with E-state index in [0.29, 0.717) is 5.82 Å². The molecule has 0 amide bonds. The van der Waals surface area contributed by atoms with Crippen molar-refractivity contribution in [2.45, 2.75) is 13.3 Å². The van der Waals surface area contributed by atoms with Gasteiger partial charge >= 0.3 is 5.97 Å². The number of aromatic nitrogens is 1. The van der Waals surface area contributed by atoms with Gasteiger partial charge in [0.05, 0.1) is 0 Å². The highest BCUT2D eigenvalue weighted by Gasteiger charge is 2.09. The van der Waals surface area contributed by atoms with Gasteiger partial charge in [-0.25, -0.2) is 9.78 Å². The Morgan fingerprint density at radius 3 is 2.88 bits per heavy atom. The maximum absolute atomic E-state index is 11.0. The summed E-state index contributed by atoms with van der Waals surface area (Å²) in [5, 5.41) is 14.0. The number of benzene rings is 1. The van der Waals surface area contributed by atoms with Crippen molar-refractivity contribution < 1.29 is 9.90 Å². The van der Waals surface area contributed by atoms with Crippen molar-refractivity contribution in [1.29, 1.82) is 0 Å². The number of carboxylic acids is 1. The number of pyridine rings is 1. The molecule has 1 aromatic carbocycles. The molecule has 2 N–H and O–H groups in total. The second-order valence-electron chi connectivity index (χ2n) is 3.81. The molecule has 2 aromatic rings. The van der Waals surface area contributed by atoms with Crippen molar-refractivity contribution in [1.82, 2.24) is 4.98 Å². The van der Waals surface area contributed by atoms with Crippen LogP contribution < -0.4 is 5.32 Å². The Hall–Kier alpha value is -2.10. The zero-order valence-electron chi connectivity index (χ0n) is 9.60. The summed E-state index contributed by atoms with van der Waals surface area (Å²) < 4.78 is 0. The lowest BCUT2D eigenvalue weighted by atomic mass is 10.1. The van der Waals surface area contributed by atoms with Crippen LogP contribution in [0.25, 0.3) is 10.8 Å². The standard InChI is InChI=1S/C13H14N2O2/c1-2-7-14-12-10-6-4-3-5-9(10)8-11(15-12)13(16)17/h3-6,8H,2,7H2,1H3,(H,14,15)(H,16,17). The Kier molecular flexibility index (Phi) is 3.23. The summed E-state index contributed by atoms with van der Waals surface area (Å²) in [6.45, 7) is 2.83. The molecule has 0 saturated carbocycles. The van der Waals surface area contributed by atoms with E-state index in [2.05, 4.69) is 17.2 Å². The SMILES string of the molecule is CCCNc1nc(C(=O)O)cc2ccccc12. The minimum Gasteiger partial charge on any atom is -0.477 e. The summed E-state index contributed by atoms with van der Waals surface area (Å²) in [5.41, 5.74) is 0.0716. The van der Waals surface area contributed by atoms with Crippen LogP contribution in [0.3, 0.4) is 0 Å². The molecule has 0 fully saturated rings. The van der Waals surface area contributed by atoms with Crippen LogP contribution in [0, 0.1) is 0 Å². The predicted molar refractivity (Wildman–Crippen MR) is 67.5 cm³/mol.